The van der Waals surface area contributed by atoms with Gasteiger partial charge in [-0.25, -0.2) is 0 Å². The van der Waals surface area contributed by atoms with Crippen molar-refractivity contribution in [1.29, 1.82) is 5.26 Å². The SMILES string of the molecule is COc1cc(/C=C2\C(=O)NC(=S)N(c3ccc(C)c(Cl)c3)C2=O)cc(Br)c1OCC#N. The van der Waals surface area contributed by atoms with E-state index in [1.54, 1.807) is 30.3 Å². The minimum absolute atomic E-state index is 0.0360. The van der Waals surface area contributed by atoms with Gasteiger partial charge in [0.2, 0.25) is 0 Å². The predicted octanol–water partition coefficient (Wildman–Crippen LogP) is 4.15. The van der Waals surface area contributed by atoms with E-state index in [0.717, 1.165) is 5.56 Å². The van der Waals surface area contributed by atoms with Crippen LogP contribution in [0.2, 0.25) is 5.02 Å². The quantitative estimate of drug-likeness (QED) is 0.362. The number of ether oxygens (including phenoxy) is 2. The lowest BCUT2D eigenvalue weighted by Gasteiger charge is -2.29. The normalized spacial score (nSPS) is 15.0. The van der Waals surface area contributed by atoms with Gasteiger partial charge in [-0.15, -0.1) is 0 Å². The Hall–Kier alpha value is -2.93. The second kappa shape index (κ2) is 9.47. The van der Waals surface area contributed by atoms with Crippen molar-refractivity contribution in [2.24, 2.45) is 0 Å². The standard InChI is InChI=1S/C21H15BrClN3O4S/c1-11-3-4-13(10-16(11)23)26-20(28)14(19(27)25-21(26)31)7-12-8-15(22)18(30-6-5-24)17(9-12)29-2/h3-4,7-10H,6H2,1-2H3,(H,25,27,31)/b14-7+. The second-order valence-electron chi connectivity index (χ2n) is 6.37. The summed E-state index contributed by atoms with van der Waals surface area (Å²) in [5.41, 5.74) is 1.66. The van der Waals surface area contributed by atoms with Crippen molar-refractivity contribution in [3.8, 4) is 17.6 Å². The van der Waals surface area contributed by atoms with Crippen LogP contribution in [0.5, 0.6) is 11.5 Å². The molecule has 3 rings (SSSR count). The van der Waals surface area contributed by atoms with Crippen molar-refractivity contribution >= 4 is 68.4 Å². The zero-order valence-electron chi connectivity index (χ0n) is 16.4. The van der Waals surface area contributed by atoms with Gasteiger partial charge in [0, 0.05) is 5.02 Å². The molecule has 2 aromatic carbocycles. The molecule has 7 nitrogen and oxygen atoms in total. The number of rotatable bonds is 5. The average Bonchev–Trinajstić information content (AvgIpc) is 2.72. The molecule has 1 aliphatic rings. The van der Waals surface area contributed by atoms with Crippen LogP contribution in [-0.2, 0) is 9.59 Å². The molecule has 1 saturated heterocycles. The van der Waals surface area contributed by atoms with Crippen LogP contribution in [0.4, 0.5) is 5.69 Å². The van der Waals surface area contributed by atoms with Crippen molar-refractivity contribution in [2.75, 3.05) is 18.6 Å². The number of hydrogen-bond acceptors (Lipinski definition) is 6. The van der Waals surface area contributed by atoms with Gasteiger partial charge in [-0.1, -0.05) is 17.7 Å². The van der Waals surface area contributed by atoms with Gasteiger partial charge in [0.1, 0.15) is 11.6 Å². The van der Waals surface area contributed by atoms with Crippen LogP contribution >= 0.6 is 39.7 Å². The Morgan fingerprint density at radius 3 is 2.71 bits per heavy atom. The smallest absolute Gasteiger partial charge is 0.270 e. The summed E-state index contributed by atoms with van der Waals surface area (Å²) < 4.78 is 11.2. The van der Waals surface area contributed by atoms with E-state index >= 15 is 0 Å². The second-order valence-corrected chi connectivity index (χ2v) is 8.02. The molecule has 1 N–H and O–H groups in total. The fourth-order valence-corrected chi connectivity index (χ4v) is 3.88. The van der Waals surface area contributed by atoms with E-state index in [-0.39, 0.29) is 17.3 Å². The first-order valence-electron chi connectivity index (χ1n) is 8.81. The predicted molar refractivity (Wildman–Crippen MR) is 124 cm³/mol. The van der Waals surface area contributed by atoms with Gasteiger partial charge < -0.3 is 9.47 Å². The van der Waals surface area contributed by atoms with Crippen molar-refractivity contribution < 1.29 is 19.1 Å². The molecule has 0 aliphatic carbocycles. The molecule has 2 aromatic rings. The van der Waals surface area contributed by atoms with Gasteiger partial charge >= 0.3 is 0 Å². The van der Waals surface area contributed by atoms with Gasteiger partial charge in [-0.3, -0.25) is 19.8 Å². The molecule has 1 fully saturated rings. The van der Waals surface area contributed by atoms with Crippen molar-refractivity contribution in [3.05, 3.63) is 56.5 Å². The molecular formula is C21H15BrClN3O4S. The summed E-state index contributed by atoms with van der Waals surface area (Å²) in [5.74, 6) is -0.543. The lowest BCUT2D eigenvalue weighted by molar-refractivity contribution is -0.122. The minimum Gasteiger partial charge on any atom is -0.493 e. The molecule has 0 spiro atoms. The molecule has 0 unspecified atom stereocenters. The maximum absolute atomic E-state index is 13.2. The van der Waals surface area contributed by atoms with Crippen molar-refractivity contribution in [3.63, 3.8) is 0 Å². The number of nitrogens with one attached hydrogen (secondary N) is 1. The number of methoxy groups -OCH3 is 1. The zero-order valence-corrected chi connectivity index (χ0v) is 19.5. The zero-order chi connectivity index (χ0) is 22.7. The number of benzene rings is 2. The maximum atomic E-state index is 13.2. The number of aryl methyl sites for hydroxylation is 1. The number of hydrogen-bond donors (Lipinski definition) is 1. The molecule has 1 aliphatic heterocycles. The molecule has 0 radical (unpaired) electrons. The van der Waals surface area contributed by atoms with E-state index in [4.69, 9.17) is 38.6 Å². The number of thiocarbonyl (C=S) groups is 1. The lowest BCUT2D eigenvalue weighted by atomic mass is 10.1. The Bertz CT molecular complexity index is 1180. The highest BCUT2D eigenvalue weighted by molar-refractivity contribution is 9.10. The van der Waals surface area contributed by atoms with Crippen LogP contribution in [-0.4, -0.2) is 30.6 Å². The number of carbonyl (C=O) groups excluding carboxylic acids is 2. The molecule has 0 atom stereocenters. The summed E-state index contributed by atoms with van der Waals surface area (Å²) in [5, 5.41) is 11.7. The molecule has 31 heavy (non-hydrogen) atoms. The lowest BCUT2D eigenvalue weighted by Crippen LogP contribution is -2.54. The first-order chi connectivity index (χ1) is 14.8. The molecule has 0 saturated carbocycles. The van der Waals surface area contributed by atoms with Crippen LogP contribution in [0.25, 0.3) is 6.08 Å². The van der Waals surface area contributed by atoms with E-state index in [9.17, 15) is 9.59 Å². The summed E-state index contributed by atoms with van der Waals surface area (Å²) in [6.07, 6.45) is 1.42. The number of nitrogens with zero attached hydrogens (tertiary/aromatic N) is 2. The molecule has 0 aromatic heterocycles. The Kier molecular flexibility index (Phi) is 6.95. The highest BCUT2D eigenvalue weighted by Gasteiger charge is 2.34. The Morgan fingerprint density at radius 1 is 1.32 bits per heavy atom. The van der Waals surface area contributed by atoms with E-state index in [1.165, 1.54) is 18.1 Å². The third-order valence-corrected chi connectivity index (χ3v) is 5.64. The third-order valence-electron chi connectivity index (χ3n) is 4.36. The average molecular weight is 521 g/mol. The van der Waals surface area contributed by atoms with E-state index in [0.29, 0.717) is 32.2 Å². The van der Waals surface area contributed by atoms with Gasteiger partial charge in [0.05, 0.1) is 17.3 Å². The topological polar surface area (TPSA) is 91.7 Å². The van der Waals surface area contributed by atoms with E-state index in [2.05, 4.69) is 21.2 Å². The summed E-state index contributed by atoms with van der Waals surface area (Å²) in [6.45, 7) is 1.67. The van der Waals surface area contributed by atoms with Gasteiger partial charge in [0.25, 0.3) is 11.8 Å². The monoisotopic (exact) mass is 519 g/mol. The molecule has 1 heterocycles. The number of halogens is 2. The number of carbonyl (C=O) groups is 2. The Balaban J connectivity index is 2.03. The third kappa shape index (κ3) is 4.71. The van der Waals surface area contributed by atoms with Gasteiger partial charge in [-0.2, -0.15) is 5.26 Å². The molecule has 158 valence electrons. The van der Waals surface area contributed by atoms with E-state index < -0.39 is 11.8 Å². The first-order valence-corrected chi connectivity index (χ1v) is 10.4. The summed E-state index contributed by atoms with van der Waals surface area (Å²) in [6, 6.07) is 10.2. The van der Waals surface area contributed by atoms with Crippen LogP contribution < -0.4 is 19.7 Å². The minimum atomic E-state index is -0.621. The van der Waals surface area contributed by atoms with Gasteiger partial charge in [-0.05, 0) is 76.5 Å². The molecular weight excluding hydrogens is 506 g/mol. The van der Waals surface area contributed by atoms with E-state index in [1.807, 2.05) is 13.0 Å². The number of amides is 2. The summed E-state index contributed by atoms with van der Waals surface area (Å²) >= 11 is 14.8. The van der Waals surface area contributed by atoms with Crippen LogP contribution in [0.1, 0.15) is 11.1 Å². The highest BCUT2D eigenvalue weighted by Crippen LogP contribution is 2.37. The number of nitriles is 1. The van der Waals surface area contributed by atoms with Crippen molar-refractivity contribution in [1.82, 2.24) is 5.32 Å². The first kappa shape index (κ1) is 22.7. The maximum Gasteiger partial charge on any atom is 0.270 e. The highest BCUT2D eigenvalue weighted by atomic mass is 79.9. The van der Waals surface area contributed by atoms with Crippen LogP contribution in [0.3, 0.4) is 0 Å². The largest absolute Gasteiger partial charge is 0.493 e. The molecule has 10 heteroatoms. The fourth-order valence-electron chi connectivity index (χ4n) is 2.85. The number of anilines is 1. The van der Waals surface area contributed by atoms with Gasteiger partial charge in [0.15, 0.2) is 23.2 Å². The van der Waals surface area contributed by atoms with Crippen LogP contribution in [0, 0.1) is 18.3 Å². The summed E-state index contributed by atoms with van der Waals surface area (Å²) in [4.78, 5) is 26.9. The molecule has 0 bridgehead atoms. The Morgan fingerprint density at radius 2 is 2.06 bits per heavy atom. The summed E-state index contributed by atoms with van der Waals surface area (Å²) in [7, 11) is 1.44. The van der Waals surface area contributed by atoms with Crippen LogP contribution in [0.15, 0.2) is 40.4 Å². The Labute approximate surface area is 197 Å². The van der Waals surface area contributed by atoms with Crippen molar-refractivity contribution in [2.45, 2.75) is 6.92 Å². The fraction of sp³-hybridized carbons (Fsp3) is 0.143. The molecule has 2 amide bonds.